The summed E-state index contributed by atoms with van der Waals surface area (Å²) in [4.78, 5) is 14.9. The highest BCUT2D eigenvalue weighted by atomic mass is 32.1. The van der Waals surface area contributed by atoms with Gasteiger partial charge in [0.1, 0.15) is 0 Å². The second kappa shape index (κ2) is 4.50. The van der Waals surface area contributed by atoms with E-state index in [1.807, 2.05) is 30.2 Å². The third-order valence-corrected chi connectivity index (χ3v) is 4.48. The number of carbonyl (C=O) groups excluding carboxylic acids is 1. The van der Waals surface area contributed by atoms with Gasteiger partial charge in [-0.1, -0.05) is 0 Å². The minimum absolute atomic E-state index is 0.123. The summed E-state index contributed by atoms with van der Waals surface area (Å²) in [6, 6.07) is 4.32. The molecule has 4 heteroatoms. The van der Waals surface area contributed by atoms with Crippen molar-refractivity contribution in [2.45, 2.75) is 26.7 Å². The zero-order valence-corrected chi connectivity index (χ0v) is 11.0. The molecule has 1 saturated heterocycles. The van der Waals surface area contributed by atoms with Crippen LogP contribution in [0.1, 0.15) is 35.0 Å². The van der Waals surface area contributed by atoms with E-state index in [0.717, 1.165) is 23.3 Å². The highest BCUT2D eigenvalue weighted by Gasteiger charge is 2.32. The van der Waals surface area contributed by atoms with Crippen LogP contribution >= 0.6 is 11.3 Å². The maximum atomic E-state index is 12.2. The van der Waals surface area contributed by atoms with Crippen molar-refractivity contribution < 1.29 is 4.79 Å². The van der Waals surface area contributed by atoms with Gasteiger partial charge >= 0.3 is 0 Å². The predicted octanol–water partition coefficient (Wildman–Crippen LogP) is 2.82. The molecule has 0 bridgehead atoms. The SMILES string of the molecule is Cc1ccsc1C(=O)N1CCC(C)(C#N)CC1. The fourth-order valence-electron chi connectivity index (χ4n) is 2.05. The Kier molecular flexibility index (Phi) is 3.21. The molecule has 0 atom stereocenters. The molecule has 0 unspecified atom stereocenters. The average Bonchev–Trinajstić information content (AvgIpc) is 2.76. The van der Waals surface area contributed by atoms with Gasteiger partial charge in [-0.25, -0.2) is 0 Å². The number of amides is 1. The van der Waals surface area contributed by atoms with Crippen molar-refractivity contribution in [2.75, 3.05) is 13.1 Å². The molecule has 90 valence electrons. The highest BCUT2D eigenvalue weighted by Crippen LogP contribution is 2.31. The maximum Gasteiger partial charge on any atom is 0.264 e. The second-order valence-electron chi connectivity index (χ2n) is 4.90. The molecule has 17 heavy (non-hydrogen) atoms. The molecule has 0 aromatic carbocycles. The van der Waals surface area contributed by atoms with Crippen LogP contribution in [0.25, 0.3) is 0 Å². The lowest BCUT2D eigenvalue weighted by Gasteiger charge is -2.34. The molecule has 3 nitrogen and oxygen atoms in total. The van der Waals surface area contributed by atoms with Gasteiger partial charge in [-0.3, -0.25) is 4.79 Å². The van der Waals surface area contributed by atoms with Crippen molar-refractivity contribution in [3.8, 4) is 6.07 Å². The first-order valence-electron chi connectivity index (χ1n) is 5.80. The van der Waals surface area contributed by atoms with Crippen LogP contribution in [0.4, 0.5) is 0 Å². The molecule has 0 radical (unpaired) electrons. The Hall–Kier alpha value is -1.34. The molecule has 1 aromatic heterocycles. The number of carbonyl (C=O) groups is 1. The van der Waals surface area contributed by atoms with Crippen LogP contribution in [-0.4, -0.2) is 23.9 Å². The molecule has 1 aliphatic rings. The molecule has 0 N–H and O–H groups in total. The van der Waals surface area contributed by atoms with Gasteiger partial charge in [0.15, 0.2) is 0 Å². The number of thiophene rings is 1. The van der Waals surface area contributed by atoms with Crippen LogP contribution < -0.4 is 0 Å². The zero-order valence-electron chi connectivity index (χ0n) is 10.2. The first-order chi connectivity index (χ1) is 8.06. The monoisotopic (exact) mass is 248 g/mol. The van der Waals surface area contributed by atoms with Gasteiger partial charge in [-0.15, -0.1) is 11.3 Å². The van der Waals surface area contributed by atoms with E-state index < -0.39 is 0 Å². The molecule has 2 heterocycles. The summed E-state index contributed by atoms with van der Waals surface area (Å²) in [6.07, 6.45) is 1.55. The van der Waals surface area contributed by atoms with E-state index in [1.165, 1.54) is 11.3 Å². The van der Waals surface area contributed by atoms with Gasteiger partial charge in [0.25, 0.3) is 5.91 Å². The Labute approximate surface area is 106 Å². The van der Waals surface area contributed by atoms with Gasteiger partial charge < -0.3 is 4.90 Å². The molecule has 1 fully saturated rings. The number of likely N-dealkylation sites (tertiary alicyclic amines) is 1. The molecule has 1 aromatic rings. The summed E-state index contributed by atoms with van der Waals surface area (Å²) in [5, 5.41) is 11.0. The van der Waals surface area contributed by atoms with Crippen molar-refractivity contribution in [3.05, 3.63) is 21.9 Å². The Balaban J connectivity index is 2.06. The van der Waals surface area contributed by atoms with Gasteiger partial charge in [-0.05, 0) is 43.7 Å². The minimum atomic E-state index is -0.249. The maximum absolute atomic E-state index is 12.2. The Morgan fingerprint density at radius 2 is 2.18 bits per heavy atom. The number of aryl methyl sites for hydroxylation is 1. The van der Waals surface area contributed by atoms with Crippen molar-refractivity contribution in [2.24, 2.45) is 5.41 Å². The normalized spacial score (nSPS) is 18.8. The number of hydrogen-bond donors (Lipinski definition) is 0. The fourth-order valence-corrected chi connectivity index (χ4v) is 2.94. The van der Waals surface area contributed by atoms with E-state index in [4.69, 9.17) is 5.26 Å². The van der Waals surface area contributed by atoms with Crippen LogP contribution in [-0.2, 0) is 0 Å². The topological polar surface area (TPSA) is 44.1 Å². The van der Waals surface area contributed by atoms with Crippen LogP contribution in [0.2, 0.25) is 0 Å². The number of piperidine rings is 1. The molecule has 1 aliphatic heterocycles. The summed E-state index contributed by atoms with van der Waals surface area (Å²) < 4.78 is 0. The van der Waals surface area contributed by atoms with E-state index in [1.54, 1.807) is 0 Å². The van der Waals surface area contributed by atoms with Gasteiger partial charge in [0.2, 0.25) is 0 Å². The van der Waals surface area contributed by atoms with Crippen LogP contribution in [0.3, 0.4) is 0 Å². The summed E-state index contributed by atoms with van der Waals surface area (Å²) in [5.74, 6) is 0.123. The minimum Gasteiger partial charge on any atom is -0.338 e. The predicted molar refractivity (Wildman–Crippen MR) is 67.9 cm³/mol. The van der Waals surface area contributed by atoms with E-state index in [9.17, 15) is 4.79 Å². The number of rotatable bonds is 1. The smallest absolute Gasteiger partial charge is 0.264 e. The largest absolute Gasteiger partial charge is 0.338 e. The lowest BCUT2D eigenvalue weighted by atomic mass is 9.82. The van der Waals surface area contributed by atoms with E-state index in [0.29, 0.717) is 13.1 Å². The average molecular weight is 248 g/mol. The van der Waals surface area contributed by atoms with Gasteiger partial charge in [0.05, 0.1) is 16.4 Å². The second-order valence-corrected chi connectivity index (χ2v) is 5.81. The molecular formula is C13H16N2OS. The lowest BCUT2D eigenvalue weighted by molar-refractivity contribution is 0.0666. The van der Waals surface area contributed by atoms with Crippen LogP contribution in [0.15, 0.2) is 11.4 Å². The number of nitriles is 1. The Bertz CT molecular complexity index is 464. The van der Waals surface area contributed by atoms with Crippen LogP contribution in [0.5, 0.6) is 0 Å². The van der Waals surface area contributed by atoms with Crippen molar-refractivity contribution in [3.63, 3.8) is 0 Å². The van der Waals surface area contributed by atoms with E-state index in [2.05, 4.69) is 6.07 Å². The molecule has 0 aliphatic carbocycles. The van der Waals surface area contributed by atoms with E-state index in [-0.39, 0.29) is 11.3 Å². The van der Waals surface area contributed by atoms with Crippen molar-refractivity contribution in [1.82, 2.24) is 4.90 Å². The van der Waals surface area contributed by atoms with E-state index >= 15 is 0 Å². The summed E-state index contributed by atoms with van der Waals surface area (Å²) in [7, 11) is 0. The summed E-state index contributed by atoms with van der Waals surface area (Å²) >= 11 is 1.50. The van der Waals surface area contributed by atoms with Crippen LogP contribution in [0, 0.1) is 23.7 Å². The standard InChI is InChI=1S/C13H16N2OS/c1-10-3-8-17-11(10)12(16)15-6-4-13(2,9-14)5-7-15/h3,8H,4-7H2,1-2H3. The van der Waals surface area contributed by atoms with Gasteiger partial charge in [0, 0.05) is 13.1 Å². The fraction of sp³-hybridized carbons (Fsp3) is 0.538. The molecule has 0 saturated carbocycles. The molecule has 0 spiro atoms. The zero-order chi connectivity index (χ0) is 12.5. The Morgan fingerprint density at radius 3 is 2.65 bits per heavy atom. The third kappa shape index (κ3) is 2.34. The number of nitrogens with zero attached hydrogens (tertiary/aromatic N) is 2. The quantitative estimate of drug-likeness (QED) is 0.767. The molecular weight excluding hydrogens is 232 g/mol. The number of hydrogen-bond acceptors (Lipinski definition) is 3. The van der Waals surface area contributed by atoms with Gasteiger partial charge in [-0.2, -0.15) is 5.26 Å². The molecule has 2 rings (SSSR count). The Morgan fingerprint density at radius 1 is 1.53 bits per heavy atom. The molecule has 1 amide bonds. The summed E-state index contributed by atoms with van der Waals surface area (Å²) in [5.41, 5.74) is 0.801. The third-order valence-electron chi connectivity index (χ3n) is 3.48. The highest BCUT2D eigenvalue weighted by molar-refractivity contribution is 7.12. The first-order valence-corrected chi connectivity index (χ1v) is 6.68. The van der Waals surface area contributed by atoms with Crippen molar-refractivity contribution in [1.29, 1.82) is 5.26 Å². The first kappa shape index (κ1) is 12.1. The summed E-state index contributed by atoms with van der Waals surface area (Å²) in [6.45, 7) is 5.33. The van der Waals surface area contributed by atoms with Crippen molar-refractivity contribution >= 4 is 17.2 Å². The lowest BCUT2D eigenvalue weighted by Crippen LogP contribution is -2.41.